The van der Waals surface area contributed by atoms with E-state index in [-0.39, 0.29) is 19.1 Å². The molecule has 77 heavy (non-hydrogen) atoms. The van der Waals surface area contributed by atoms with E-state index in [1.807, 2.05) is 21.1 Å². The summed E-state index contributed by atoms with van der Waals surface area (Å²) in [4.78, 5) is 25.7. The number of aliphatic hydroxyl groups excluding tert-OH is 1. The molecule has 458 valence electrons. The first-order chi connectivity index (χ1) is 37.5. The van der Waals surface area contributed by atoms with E-state index in [0.29, 0.717) is 23.9 Å². The molecule has 0 radical (unpaired) electrons. The van der Waals surface area contributed by atoms with Crippen LogP contribution in [-0.2, 0) is 18.4 Å². The average Bonchev–Trinajstić information content (AvgIpc) is 3.39. The van der Waals surface area contributed by atoms with E-state index in [0.717, 1.165) is 44.9 Å². The molecule has 0 aromatic heterocycles. The average molecular weight is 1110 g/mol. The second-order valence-corrected chi connectivity index (χ2v) is 26.3. The molecule has 0 aliphatic heterocycles. The number of amides is 1. The number of quaternary nitrogens is 1. The normalized spacial score (nSPS) is 13.8. The molecular formula is C68H135N2O6P. The molecule has 2 N–H and O–H groups in total. The Morgan fingerprint density at radius 2 is 0.753 bits per heavy atom. The lowest BCUT2D eigenvalue weighted by atomic mass is 10.0. The minimum atomic E-state index is -4.58. The highest BCUT2D eigenvalue weighted by Gasteiger charge is 2.24. The Hall–Kier alpha value is -1.02. The number of phosphoric acid groups is 1. The third kappa shape index (κ3) is 62.4. The molecule has 0 heterocycles. The van der Waals surface area contributed by atoms with Crippen LogP contribution < -0.4 is 10.2 Å². The second kappa shape index (κ2) is 59.6. The molecule has 3 unspecified atom stereocenters. The fraction of sp³-hybridized carbons (Fsp3) is 0.926. The van der Waals surface area contributed by atoms with Gasteiger partial charge >= 0.3 is 0 Å². The van der Waals surface area contributed by atoms with Gasteiger partial charge in [0.2, 0.25) is 5.91 Å². The third-order valence-electron chi connectivity index (χ3n) is 15.9. The number of allylic oxidation sites excluding steroid dienone is 4. The SMILES string of the molecule is CCCCCCC/C=C\C/C=C\CCCCCCCCCCCCCCCCCCCC(=O)NC(COP(=O)([O-])OCC[N+](C)(C)C)C(O)CCCCCCCCCCCCCCCCCCCCCCCCCCCC. The topological polar surface area (TPSA) is 108 Å². The lowest BCUT2D eigenvalue weighted by molar-refractivity contribution is -0.870. The summed E-state index contributed by atoms with van der Waals surface area (Å²) < 4.78 is 23.5. The molecule has 3 atom stereocenters. The standard InChI is InChI=1S/C68H135N2O6P/c1-6-8-10-12-14-16-18-20-22-24-26-28-30-32-34-35-36-38-40-42-44-46-48-50-52-54-56-58-60-62-68(72)69-66(65-76-77(73,74)75-64-63-70(3,4)5)67(71)61-59-57-55-53-51-49-47-45-43-41-39-37-33-31-29-27-25-23-21-19-17-15-13-11-9-7-2/h18,20,24,26,66-67,71H,6-17,19,21-23,25,27-65H2,1-5H3,(H-,69,72,73,74)/b20-18-,26-24-. The molecular weight excluding hydrogens is 972 g/mol. The van der Waals surface area contributed by atoms with Crippen LogP contribution in [0.5, 0.6) is 0 Å². The number of hydrogen-bond donors (Lipinski definition) is 2. The van der Waals surface area contributed by atoms with E-state index in [9.17, 15) is 19.4 Å². The lowest BCUT2D eigenvalue weighted by Crippen LogP contribution is -2.46. The van der Waals surface area contributed by atoms with Gasteiger partial charge in [0, 0.05) is 6.42 Å². The van der Waals surface area contributed by atoms with E-state index >= 15 is 0 Å². The number of rotatable bonds is 64. The number of phosphoric ester groups is 1. The first kappa shape index (κ1) is 76.0. The maximum atomic E-state index is 13.0. The molecule has 0 rings (SSSR count). The van der Waals surface area contributed by atoms with Crippen molar-refractivity contribution in [2.24, 2.45) is 0 Å². The van der Waals surface area contributed by atoms with Gasteiger partial charge in [-0.2, -0.15) is 0 Å². The van der Waals surface area contributed by atoms with E-state index in [4.69, 9.17) is 9.05 Å². The zero-order valence-electron chi connectivity index (χ0n) is 52.4. The molecule has 9 heteroatoms. The fourth-order valence-corrected chi connectivity index (χ4v) is 11.3. The number of aliphatic hydroxyl groups is 1. The van der Waals surface area contributed by atoms with Gasteiger partial charge in [-0.15, -0.1) is 0 Å². The van der Waals surface area contributed by atoms with Crippen molar-refractivity contribution in [3.63, 3.8) is 0 Å². The van der Waals surface area contributed by atoms with Crippen molar-refractivity contribution in [1.82, 2.24) is 5.32 Å². The molecule has 0 saturated heterocycles. The van der Waals surface area contributed by atoms with Crippen LogP contribution in [0.25, 0.3) is 0 Å². The van der Waals surface area contributed by atoms with Gasteiger partial charge in [-0.25, -0.2) is 0 Å². The molecule has 8 nitrogen and oxygen atoms in total. The molecule has 0 aliphatic carbocycles. The number of carbonyl (C=O) groups excluding carboxylic acids is 1. The minimum absolute atomic E-state index is 0.0147. The zero-order chi connectivity index (χ0) is 56.3. The van der Waals surface area contributed by atoms with Crippen molar-refractivity contribution in [2.45, 2.75) is 366 Å². The Balaban J connectivity index is 4.03. The molecule has 0 bridgehead atoms. The van der Waals surface area contributed by atoms with Gasteiger partial charge in [0.15, 0.2) is 0 Å². The number of carbonyl (C=O) groups is 1. The number of likely N-dealkylation sites (N-methyl/N-ethyl adjacent to an activating group) is 1. The summed E-state index contributed by atoms with van der Waals surface area (Å²) in [6.07, 6.45) is 76.7. The molecule has 1 amide bonds. The first-order valence-corrected chi connectivity index (χ1v) is 35.6. The Morgan fingerprint density at radius 1 is 0.455 bits per heavy atom. The highest BCUT2D eigenvalue weighted by Crippen LogP contribution is 2.38. The summed E-state index contributed by atoms with van der Waals surface area (Å²) >= 11 is 0. The van der Waals surface area contributed by atoms with Gasteiger partial charge in [0.25, 0.3) is 7.82 Å². The van der Waals surface area contributed by atoms with Gasteiger partial charge in [0.1, 0.15) is 13.2 Å². The Kier molecular flexibility index (Phi) is 58.8. The summed E-state index contributed by atoms with van der Waals surface area (Å²) in [5.41, 5.74) is 0. The summed E-state index contributed by atoms with van der Waals surface area (Å²) in [6, 6.07) is -0.800. The van der Waals surface area contributed by atoms with Gasteiger partial charge in [-0.1, -0.05) is 327 Å². The monoisotopic (exact) mass is 1110 g/mol. The highest BCUT2D eigenvalue weighted by molar-refractivity contribution is 7.45. The van der Waals surface area contributed by atoms with E-state index < -0.39 is 20.0 Å². The van der Waals surface area contributed by atoms with Gasteiger partial charge in [-0.3, -0.25) is 9.36 Å². The predicted molar refractivity (Wildman–Crippen MR) is 335 cm³/mol. The van der Waals surface area contributed by atoms with Crippen LogP contribution in [0.3, 0.4) is 0 Å². The number of hydrogen-bond acceptors (Lipinski definition) is 6. The Bertz CT molecular complexity index is 1300. The number of nitrogens with one attached hydrogen (secondary N) is 1. The van der Waals surface area contributed by atoms with E-state index in [1.54, 1.807) is 0 Å². The number of nitrogens with zero attached hydrogens (tertiary/aromatic N) is 1. The van der Waals surface area contributed by atoms with Crippen molar-refractivity contribution in [3.8, 4) is 0 Å². The summed E-state index contributed by atoms with van der Waals surface area (Å²) in [5.74, 6) is -0.157. The van der Waals surface area contributed by atoms with Crippen LogP contribution in [0.15, 0.2) is 24.3 Å². The van der Waals surface area contributed by atoms with E-state index in [1.165, 1.54) is 283 Å². The first-order valence-electron chi connectivity index (χ1n) is 34.2. The minimum Gasteiger partial charge on any atom is -0.756 e. The lowest BCUT2D eigenvalue weighted by Gasteiger charge is -2.30. The summed E-state index contributed by atoms with van der Waals surface area (Å²) in [7, 11) is 1.32. The molecule has 0 aromatic rings. The van der Waals surface area contributed by atoms with Crippen molar-refractivity contribution >= 4 is 13.7 Å². The molecule has 0 aromatic carbocycles. The van der Waals surface area contributed by atoms with Gasteiger partial charge in [0.05, 0.1) is 39.9 Å². The maximum absolute atomic E-state index is 13.0. The van der Waals surface area contributed by atoms with Crippen LogP contribution >= 0.6 is 7.82 Å². The highest BCUT2D eigenvalue weighted by atomic mass is 31.2. The van der Waals surface area contributed by atoms with Crippen molar-refractivity contribution < 1.29 is 32.9 Å². The molecule has 0 aliphatic rings. The Morgan fingerprint density at radius 3 is 1.08 bits per heavy atom. The van der Waals surface area contributed by atoms with E-state index in [2.05, 4.69) is 43.5 Å². The van der Waals surface area contributed by atoms with Crippen LogP contribution in [0.1, 0.15) is 354 Å². The maximum Gasteiger partial charge on any atom is 0.268 e. The fourth-order valence-electron chi connectivity index (χ4n) is 10.6. The van der Waals surface area contributed by atoms with Crippen molar-refractivity contribution in [2.75, 3.05) is 40.9 Å². The molecule has 0 spiro atoms. The predicted octanol–water partition coefficient (Wildman–Crippen LogP) is 20.9. The zero-order valence-corrected chi connectivity index (χ0v) is 53.3. The summed E-state index contributed by atoms with van der Waals surface area (Å²) in [6.45, 7) is 4.77. The quantitative estimate of drug-likeness (QED) is 0.0272. The van der Waals surface area contributed by atoms with Crippen LogP contribution in [0.2, 0.25) is 0 Å². The Labute approximate surface area is 481 Å². The third-order valence-corrected chi connectivity index (χ3v) is 16.9. The van der Waals surface area contributed by atoms with Crippen LogP contribution in [0.4, 0.5) is 0 Å². The van der Waals surface area contributed by atoms with Gasteiger partial charge in [-0.05, 0) is 44.9 Å². The van der Waals surface area contributed by atoms with Gasteiger partial charge < -0.3 is 28.8 Å². The van der Waals surface area contributed by atoms with Crippen molar-refractivity contribution in [3.05, 3.63) is 24.3 Å². The van der Waals surface area contributed by atoms with Crippen LogP contribution in [0, 0.1) is 0 Å². The molecule has 0 fully saturated rings. The smallest absolute Gasteiger partial charge is 0.268 e. The second-order valence-electron chi connectivity index (χ2n) is 24.9. The van der Waals surface area contributed by atoms with Crippen molar-refractivity contribution in [1.29, 1.82) is 0 Å². The number of unbranched alkanes of at least 4 members (excludes halogenated alkanes) is 47. The molecule has 0 saturated carbocycles. The van der Waals surface area contributed by atoms with Crippen LogP contribution in [-0.4, -0.2) is 68.5 Å². The largest absolute Gasteiger partial charge is 0.756 e. The summed E-state index contributed by atoms with van der Waals surface area (Å²) in [5, 5.41) is 14.1.